The van der Waals surface area contributed by atoms with Crippen LogP contribution in [0, 0.1) is 11.2 Å². The van der Waals surface area contributed by atoms with Crippen LogP contribution in [0.1, 0.15) is 19.4 Å². The molecule has 1 unspecified atom stereocenters. The van der Waals surface area contributed by atoms with Crippen LogP contribution < -0.4 is 4.74 Å². The summed E-state index contributed by atoms with van der Waals surface area (Å²) < 4.78 is 23.6. The third-order valence-electron chi connectivity index (χ3n) is 4.38. The van der Waals surface area contributed by atoms with Gasteiger partial charge in [-0.15, -0.1) is 0 Å². The molecule has 26 heavy (non-hydrogen) atoms. The number of nitrogens with zero attached hydrogens (tertiary/aromatic N) is 1. The average molecular weight is 353 g/mol. The molecule has 2 aromatic carbocycles. The van der Waals surface area contributed by atoms with Crippen LogP contribution in [0.4, 0.5) is 10.1 Å². The van der Waals surface area contributed by atoms with E-state index in [1.165, 1.54) is 19.2 Å². The third-order valence-corrected chi connectivity index (χ3v) is 4.38. The fraction of sp³-hybridized carbons (Fsp3) is 0.238. The maximum absolute atomic E-state index is 13.2. The summed E-state index contributed by atoms with van der Waals surface area (Å²) in [6.45, 7) is 4.31. The molecular weight excluding hydrogens is 333 g/mol. The van der Waals surface area contributed by atoms with Crippen LogP contribution in [-0.2, 0) is 9.53 Å². The van der Waals surface area contributed by atoms with Crippen LogP contribution in [0.2, 0.25) is 0 Å². The van der Waals surface area contributed by atoms with Gasteiger partial charge >= 0.3 is 5.97 Å². The predicted molar refractivity (Wildman–Crippen MR) is 99.2 cm³/mol. The lowest BCUT2D eigenvalue weighted by Crippen LogP contribution is -2.28. The molecule has 0 fully saturated rings. The van der Waals surface area contributed by atoms with Crippen molar-refractivity contribution in [3.63, 3.8) is 0 Å². The highest BCUT2D eigenvalue weighted by molar-refractivity contribution is 6.26. The number of methoxy groups -OCH3 is 1. The second-order valence-electron chi connectivity index (χ2n) is 5.99. The number of carbonyl (C=O) groups excluding carboxylic acids is 1. The van der Waals surface area contributed by atoms with Gasteiger partial charge in [0.1, 0.15) is 17.0 Å². The highest BCUT2D eigenvalue weighted by atomic mass is 19.1. The normalized spacial score (nSPS) is 18.9. The molecule has 0 heterocycles. The number of aliphatic imine (C=N–C) groups is 1. The zero-order valence-corrected chi connectivity index (χ0v) is 15.0. The minimum Gasteiger partial charge on any atom is -0.494 e. The molecule has 134 valence electrons. The molecule has 3 rings (SSSR count). The quantitative estimate of drug-likeness (QED) is 0.564. The number of hydrogen-bond donors (Lipinski definition) is 0. The molecule has 0 saturated heterocycles. The Labute approximate surface area is 152 Å². The first-order valence-electron chi connectivity index (χ1n) is 8.37. The van der Waals surface area contributed by atoms with Gasteiger partial charge in [-0.1, -0.05) is 18.2 Å². The number of carbonyl (C=O) groups is 1. The van der Waals surface area contributed by atoms with Crippen molar-refractivity contribution in [1.82, 2.24) is 0 Å². The van der Waals surface area contributed by atoms with Crippen molar-refractivity contribution in [3.05, 3.63) is 66.0 Å². The Morgan fingerprint density at radius 3 is 2.35 bits per heavy atom. The van der Waals surface area contributed by atoms with Gasteiger partial charge in [0.15, 0.2) is 0 Å². The molecular formula is C21H20FNO3. The number of benzene rings is 2. The second kappa shape index (κ2) is 7.12. The van der Waals surface area contributed by atoms with Crippen molar-refractivity contribution < 1.29 is 18.7 Å². The zero-order chi connectivity index (χ0) is 18.7. The van der Waals surface area contributed by atoms with Gasteiger partial charge in [0.25, 0.3) is 0 Å². The summed E-state index contributed by atoms with van der Waals surface area (Å²) >= 11 is 0. The van der Waals surface area contributed by atoms with E-state index in [4.69, 9.17) is 9.47 Å². The predicted octanol–water partition coefficient (Wildman–Crippen LogP) is 4.57. The highest BCUT2D eigenvalue weighted by Gasteiger charge is 2.55. The highest BCUT2D eigenvalue weighted by Crippen LogP contribution is 2.53. The van der Waals surface area contributed by atoms with Crippen LogP contribution in [0.15, 0.2) is 59.6 Å². The van der Waals surface area contributed by atoms with E-state index in [-0.39, 0.29) is 5.82 Å². The van der Waals surface area contributed by atoms with Gasteiger partial charge in [0.05, 0.1) is 19.4 Å². The van der Waals surface area contributed by atoms with Gasteiger partial charge in [-0.2, -0.15) is 0 Å². The Kier molecular flexibility index (Phi) is 4.89. The number of ether oxygens (including phenoxy) is 2. The Balaban J connectivity index is 1.89. The summed E-state index contributed by atoms with van der Waals surface area (Å²) in [5.41, 5.74) is 1.88. The van der Waals surface area contributed by atoms with Gasteiger partial charge in [-0.05, 0) is 61.4 Å². The summed E-state index contributed by atoms with van der Waals surface area (Å²) in [6.07, 6.45) is 1.81. The van der Waals surface area contributed by atoms with Gasteiger partial charge < -0.3 is 9.47 Å². The Morgan fingerprint density at radius 2 is 1.77 bits per heavy atom. The molecule has 1 atom stereocenters. The average Bonchev–Trinajstić information content (AvgIpc) is 3.40. The molecule has 0 saturated carbocycles. The molecule has 5 heteroatoms. The summed E-state index contributed by atoms with van der Waals surface area (Å²) in [5, 5.41) is 0. The van der Waals surface area contributed by atoms with E-state index < -0.39 is 11.4 Å². The number of esters is 1. The van der Waals surface area contributed by atoms with E-state index >= 15 is 0 Å². The molecule has 0 spiro atoms. The van der Waals surface area contributed by atoms with Crippen LogP contribution in [-0.4, -0.2) is 25.4 Å². The van der Waals surface area contributed by atoms with Gasteiger partial charge in [0, 0.05) is 5.71 Å². The molecule has 1 aliphatic carbocycles. The second-order valence-corrected chi connectivity index (χ2v) is 5.99. The lowest BCUT2D eigenvalue weighted by Gasteiger charge is -2.16. The summed E-state index contributed by atoms with van der Waals surface area (Å²) in [5.74, 6) is 0.0470. The van der Waals surface area contributed by atoms with Crippen LogP contribution in [0.5, 0.6) is 5.75 Å². The molecule has 0 radical (unpaired) electrons. The number of halogens is 1. The van der Waals surface area contributed by atoms with E-state index in [1.54, 1.807) is 25.1 Å². The summed E-state index contributed by atoms with van der Waals surface area (Å²) in [4.78, 5) is 17.1. The molecule has 0 amide bonds. The minimum atomic E-state index is -0.995. The zero-order valence-electron chi connectivity index (χ0n) is 15.0. The SMILES string of the molecule is CCOc1ccc(N=C(C)C2(C(=O)OC)C=C2c2ccc(F)cc2)cc1. The molecule has 0 aliphatic heterocycles. The van der Waals surface area contributed by atoms with E-state index in [2.05, 4.69) is 4.99 Å². The lowest BCUT2D eigenvalue weighted by atomic mass is 9.91. The largest absolute Gasteiger partial charge is 0.494 e. The Morgan fingerprint density at radius 1 is 1.12 bits per heavy atom. The molecule has 0 N–H and O–H groups in total. The van der Waals surface area contributed by atoms with E-state index in [1.807, 2.05) is 31.2 Å². The fourth-order valence-corrected chi connectivity index (χ4v) is 2.96. The third kappa shape index (κ3) is 3.25. The first-order chi connectivity index (χ1) is 12.5. The minimum absolute atomic E-state index is 0.321. The van der Waals surface area contributed by atoms with Gasteiger partial charge in [-0.3, -0.25) is 9.79 Å². The molecule has 4 nitrogen and oxygen atoms in total. The first-order valence-corrected chi connectivity index (χ1v) is 8.37. The fourth-order valence-electron chi connectivity index (χ4n) is 2.96. The van der Waals surface area contributed by atoms with E-state index in [0.717, 1.165) is 16.9 Å². The smallest absolute Gasteiger partial charge is 0.326 e. The van der Waals surface area contributed by atoms with Crippen LogP contribution >= 0.6 is 0 Å². The van der Waals surface area contributed by atoms with Crippen molar-refractivity contribution >= 4 is 22.9 Å². The molecule has 2 aromatic rings. The lowest BCUT2D eigenvalue weighted by molar-refractivity contribution is -0.143. The van der Waals surface area contributed by atoms with Crippen molar-refractivity contribution in [3.8, 4) is 5.75 Å². The van der Waals surface area contributed by atoms with Crippen molar-refractivity contribution in [2.75, 3.05) is 13.7 Å². The topological polar surface area (TPSA) is 47.9 Å². The van der Waals surface area contributed by atoms with Crippen molar-refractivity contribution in [2.45, 2.75) is 13.8 Å². The van der Waals surface area contributed by atoms with Gasteiger partial charge in [-0.25, -0.2) is 4.39 Å². The maximum atomic E-state index is 13.2. The van der Waals surface area contributed by atoms with Crippen LogP contribution in [0.25, 0.3) is 5.57 Å². The molecule has 1 aliphatic rings. The standard InChI is InChI=1S/C21H20FNO3/c1-4-26-18-11-9-17(10-12-18)23-14(2)21(20(24)25-3)13-19(21)15-5-7-16(22)8-6-15/h5-13H,4H2,1-3H3. The Hall–Kier alpha value is -2.95. The molecule has 0 bridgehead atoms. The van der Waals surface area contributed by atoms with Crippen molar-refractivity contribution in [2.24, 2.45) is 10.4 Å². The van der Waals surface area contributed by atoms with Crippen molar-refractivity contribution in [1.29, 1.82) is 0 Å². The summed E-state index contributed by atoms with van der Waals surface area (Å²) in [6, 6.07) is 13.4. The van der Waals surface area contributed by atoms with Gasteiger partial charge in [0.2, 0.25) is 0 Å². The summed E-state index contributed by atoms with van der Waals surface area (Å²) in [7, 11) is 1.35. The first kappa shape index (κ1) is 17.9. The maximum Gasteiger partial charge on any atom is 0.326 e. The molecule has 0 aromatic heterocycles. The number of rotatable bonds is 6. The van der Waals surface area contributed by atoms with E-state index in [9.17, 15) is 9.18 Å². The Bertz CT molecular complexity index is 869. The monoisotopic (exact) mass is 353 g/mol. The number of hydrogen-bond acceptors (Lipinski definition) is 4. The van der Waals surface area contributed by atoms with E-state index in [0.29, 0.717) is 18.0 Å². The van der Waals surface area contributed by atoms with Crippen LogP contribution in [0.3, 0.4) is 0 Å².